The molecule has 1 N–H and O–H groups in total. The number of hydrogen-bond acceptors (Lipinski definition) is 3. The smallest absolute Gasteiger partial charge is 0.142 e. The lowest BCUT2D eigenvalue weighted by Crippen LogP contribution is -2.16. The van der Waals surface area contributed by atoms with E-state index >= 15 is 0 Å². The molecule has 1 aromatic rings. The van der Waals surface area contributed by atoms with Gasteiger partial charge in [-0.1, -0.05) is 20.8 Å². The molecular formula is C15H26N2O. The van der Waals surface area contributed by atoms with Crippen LogP contribution < -0.4 is 10.1 Å². The second-order valence-corrected chi connectivity index (χ2v) is 5.11. The maximum Gasteiger partial charge on any atom is 0.142 e. The van der Waals surface area contributed by atoms with E-state index in [1.807, 2.05) is 19.1 Å². The Morgan fingerprint density at radius 2 is 2.11 bits per heavy atom. The molecule has 0 unspecified atom stereocenters. The quantitative estimate of drug-likeness (QED) is 0.719. The summed E-state index contributed by atoms with van der Waals surface area (Å²) in [5.74, 6) is 1.59. The summed E-state index contributed by atoms with van der Waals surface area (Å²) in [6, 6.07) is 4.04. The molecule has 18 heavy (non-hydrogen) atoms. The lowest BCUT2D eigenvalue weighted by molar-refractivity contribution is 0.284. The van der Waals surface area contributed by atoms with Gasteiger partial charge in [0.25, 0.3) is 0 Å². The average molecular weight is 250 g/mol. The molecule has 0 aliphatic carbocycles. The Labute approximate surface area is 111 Å². The first-order valence-electron chi connectivity index (χ1n) is 6.93. The molecule has 1 aromatic heterocycles. The van der Waals surface area contributed by atoms with Crippen molar-refractivity contribution >= 4 is 0 Å². The van der Waals surface area contributed by atoms with Crippen LogP contribution in [0.1, 0.15) is 45.0 Å². The molecule has 0 fully saturated rings. The van der Waals surface area contributed by atoms with Crippen LogP contribution in [0.4, 0.5) is 0 Å². The van der Waals surface area contributed by atoms with Gasteiger partial charge < -0.3 is 10.1 Å². The van der Waals surface area contributed by atoms with Gasteiger partial charge in [0.2, 0.25) is 0 Å². The van der Waals surface area contributed by atoms with Crippen molar-refractivity contribution in [2.75, 3.05) is 13.2 Å². The van der Waals surface area contributed by atoms with E-state index < -0.39 is 0 Å². The molecule has 0 bridgehead atoms. The van der Waals surface area contributed by atoms with Crippen molar-refractivity contribution in [2.45, 2.75) is 47.1 Å². The molecule has 0 aliphatic heterocycles. The zero-order valence-corrected chi connectivity index (χ0v) is 12.1. The molecule has 0 saturated carbocycles. The van der Waals surface area contributed by atoms with Crippen molar-refractivity contribution in [2.24, 2.45) is 5.92 Å². The third-order valence-corrected chi connectivity index (χ3v) is 2.74. The number of aryl methyl sites for hydroxylation is 1. The fourth-order valence-corrected chi connectivity index (χ4v) is 1.64. The van der Waals surface area contributed by atoms with Crippen molar-refractivity contribution in [3.8, 4) is 5.75 Å². The summed E-state index contributed by atoms with van der Waals surface area (Å²) in [4.78, 5) is 4.56. The standard InChI is InChI=1S/C15H26N2O/c1-5-9-16-11-14-15(7-6-13(4)17-14)18-10-8-12(2)3/h6-7,12,16H,5,8-11H2,1-4H3. The van der Waals surface area contributed by atoms with Gasteiger partial charge in [-0.2, -0.15) is 0 Å². The molecule has 0 amide bonds. The Kier molecular flexibility index (Phi) is 6.73. The molecule has 0 aliphatic rings. The number of hydrogen-bond donors (Lipinski definition) is 1. The second-order valence-electron chi connectivity index (χ2n) is 5.11. The van der Waals surface area contributed by atoms with Gasteiger partial charge in [-0.3, -0.25) is 4.98 Å². The largest absolute Gasteiger partial charge is 0.492 e. The molecular weight excluding hydrogens is 224 g/mol. The van der Waals surface area contributed by atoms with Crippen LogP contribution in [0.15, 0.2) is 12.1 Å². The maximum atomic E-state index is 5.83. The third kappa shape index (κ3) is 5.50. The number of aromatic nitrogens is 1. The topological polar surface area (TPSA) is 34.2 Å². The zero-order valence-electron chi connectivity index (χ0n) is 12.1. The molecule has 1 rings (SSSR count). The van der Waals surface area contributed by atoms with Crippen LogP contribution in [0.3, 0.4) is 0 Å². The molecule has 0 atom stereocenters. The van der Waals surface area contributed by atoms with Crippen molar-refractivity contribution in [1.82, 2.24) is 10.3 Å². The highest BCUT2D eigenvalue weighted by Crippen LogP contribution is 2.17. The van der Waals surface area contributed by atoms with Crippen molar-refractivity contribution in [3.63, 3.8) is 0 Å². The fourth-order valence-electron chi connectivity index (χ4n) is 1.64. The van der Waals surface area contributed by atoms with Crippen LogP contribution >= 0.6 is 0 Å². The Morgan fingerprint density at radius 1 is 1.33 bits per heavy atom. The van der Waals surface area contributed by atoms with Crippen molar-refractivity contribution < 1.29 is 4.74 Å². The summed E-state index contributed by atoms with van der Waals surface area (Å²) in [5, 5.41) is 3.38. The number of nitrogens with one attached hydrogen (secondary N) is 1. The van der Waals surface area contributed by atoms with Gasteiger partial charge in [-0.25, -0.2) is 0 Å². The summed E-state index contributed by atoms with van der Waals surface area (Å²) in [5.41, 5.74) is 2.06. The Hall–Kier alpha value is -1.09. The van der Waals surface area contributed by atoms with E-state index in [1.54, 1.807) is 0 Å². The van der Waals surface area contributed by atoms with E-state index in [0.29, 0.717) is 5.92 Å². The fraction of sp³-hybridized carbons (Fsp3) is 0.667. The SMILES string of the molecule is CCCNCc1nc(C)ccc1OCCC(C)C. The van der Waals surface area contributed by atoms with E-state index in [4.69, 9.17) is 4.74 Å². The lowest BCUT2D eigenvalue weighted by atomic mass is 10.1. The van der Waals surface area contributed by atoms with Crippen LogP contribution in [-0.2, 0) is 6.54 Å². The highest BCUT2D eigenvalue weighted by molar-refractivity contribution is 5.29. The predicted octanol–water partition coefficient (Wildman–Crippen LogP) is 3.31. The Bertz CT molecular complexity index is 350. The minimum atomic E-state index is 0.671. The number of rotatable bonds is 8. The Morgan fingerprint density at radius 3 is 2.78 bits per heavy atom. The molecule has 0 spiro atoms. The van der Waals surface area contributed by atoms with Gasteiger partial charge >= 0.3 is 0 Å². The monoisotopic (exact) mass is 250 g/mol. The second kappa shape index (κ2) is 8.09. The minimum Gasteiger partial charge on any atom is -0.492 e. The number of ether oxygens (including phenoxy) is 1. The van der Waals surface area contributed by atoms with E-state index in [-0.39, 0.29) is 0 Å². The van der Waals surface area contributed by atoms with Crippen LogP contribution in [0, 0.1) is 12.8 Å². The maximum absolute atomic E-state index is 5.83. The molecule has 3 nitrogen and oxygen atoms in total. The molecule has 0 saturated heterocycles. The summed E-state index contributed by atoms with van der Waals surface area (Å²) < 4.78 is 5.83. The normalized spacial score (nSPS) is 10.9. The summed E-state index contributed by atoms with van der Waals surface area (Å²) in [6.07, 6.45) is 2.21. The first-order valence-corrected chi connectivity index (χ1v) is 6.93. The van der Waals surface area contributed by atoms with Crippen LogP contribution in [0.25, 0.3) is 0 Å². The van der Waals surface area contributed by atoms with Gasteiger partial charge in [0, 0.05) is 12.2 Å². The third-order valence-electron chi connectivity index (χ3n) is 2.74. The highest BCUT2D eigenvalue weighted by atomic mass is 16.5. The molecule has 102 valence electrons. The summed E-state index contributed by atoms with van der Waals surface area (Å²) >= 11 is 0. The average Bonchev–Trinajstić information content (AvgIpc) is 2.32. The molecule has 3 heteroatoms. The van der Waals surface area contributed by atoms with Gasteiger partial charge in [0.1, 0.15) is 5.75 Å². The van der Waals surface area contributed by atoms with Gasteiger partial charge in [-0.05, 0) is 44.4 Å². The first-order chi connectivity index (χ1) is 8.63. The van der Waals surface area contributed by atoms with Gasteiger partial charge in [-0.15, -0.1) is 0 Å². The first kappa shape index (κ1) is 15.0. The lowest BCUT2D eigenvalue weighted by Gasteiger charge is -2.13. The summed E-state index contributed by atoms with van der Waals surface area (Å²) in [6.45, 7) is 11.2. The van der Waals surface area contributed by atoms with Crippen LogP contribution in [-0.4, -0.2) is 18.1 Å². The summed E-state index contributed by atoms with van der Waals surface area (Å²) in [7, 11) is 0. The van der Waals surface area contributed by atoms with E-state index in [2.05, 4.69) is 31.1 Å². The Balaban J connectivity index is 2.58. The molecule has 0 radical (unpaired) electrons. The molecule has 1 heterocycles. The van der Waals surface area contributed by atoms with Crippen LogP contribution in [0.2, 0.25) is 0 Å². The number of pyridine rings is 1. The van der Waals surface area contributed by atoms with Gasteiger partial charge in [0.15, 0.2) is 0 Å². The van der Waals surface area contributed by atoms with E-state index in [1.165, 1.54) is 0 Å². The highest BCUT2D eigenvalue weighted by Gasteiger charge is 2.06. The van der Waals surface area contributed by atoms with Gasteiger partial charge in [0.05, 0.1) is 12.3 Å². The van der Waals surface area contributed by atoms with Crippen molar-refractivity contribution in [3.05, 3.63) is 23.5 Å². The molecule has 0 aromatic carbocycles. The van der Waals surface area contributed by atoms with Crippen LogP contribution in [0.5, 0.6) is 5.75 Å². The van der Waals surface area contributed by atoms with E-state index in [9.17, 15) is 0 Å². The van der Waals surface area contributed by atoms with Crippen molar-refractivity contribution in [1.29, 1.82) is 0 Å². The predicted molar refractivity (Wildman–Crippen MR) is 75.9 cm³/mol. The zero-order chi connectivity index (χ0) is 13.4. The van der Waals surface area contributed by atoms with E-state index in [0.717, 1.165) is 49.7 Å². The number of nitrogens with zero attached hydrogens (tertiary/aromatic N) is 1. The minimum absolute atomic E-state index is 0.671.